The minimum Gasteiger partial charge on any atom is -0.490 e. The summed E-state index contributed by atoms with van der Waals surface area (Å²) in [6, 6.07) is 14.8. The van der Waals surface area contributed by atoms with Crippen molar-refractivity contribution in [2.24, 2.45) is 5.41 Å². The van der Waals surface area contributed by atoms with Gasteiger partial charge in [0, 0.05) is 44.6 Å². The highest BCUT2D eigenvalue weighted by Gasteiger charge is 2.64. The summed E-state index contributed by atoms with van der Waals surface area (Å²) in [4.78, 5) is 27.3. The number of carbonyl (C=O) groups excluding carboxylic acids is 2. The van der Waals surface area contributed by atoms with E-state index in [4.69, 9.17) is 9.47 Å². The molecule has 2 aromatic rings. The van der Waals surface area contributed by atoms with E-state index in [0.29, 0.717) is 19.4 Å². The Bertz CT molecular complexity index is 1140. The van der Waals surface area contributed by atoms with Gasteiger partial charge >= 0.3 is 6.18 Å². The maximum absolute atomic E-state index is 14.5. The van der Waals surface area contributed by atoms with Crippen LogP contribution in [0.15, 0.2) is 54.6 Å². The summed E-state index contributed by atoms with van der Waals surface area (Å²) in [6.07, 6.45) is -1.66. The highest BCUT2D eigenvalue weighted by Crippen LogP contribution is 2.52. The summed E-state index contributed by atoms with van der Waals surface area (Å²) in [5.41, 5.74) is -2.83. The van der Waals surface area contributed by atoms with Gasteiger partial charge in [-0.3, -0.25) is 9.59 Å². The van der Waals surface area contributed by atoms with Crippen LogP contribution in [0.1, 0.15) is 49.1 Å². The molecule has 0 radical (unpaired) electrons. The van der Waals surface area contributed by atoms with Crippen molar-refractivity contribution >= 4 is 11.8 Å². The average Bonchev–Trinajstić information content (AvgIpc) is 3.70. The van der Waals surface area contributed by atoms with Gasteiger partial charge < -0.3 is 19.7 Å². The van der Waals surface area contributed by atoms with E-state index in [1.807, 2.05) is 24.3 Å². The van der Waals surface area contributed by atoms with Crippen molar-refractivity contribution < 1.29 is 32.2 Å². The third kappa shape index (κ3) is 4.58. The minimum atomic E-state index is -4.96. The monoisotopic (exact) mass is 516 g/mol. The largest absolute Gasteiger partial charge is 0.490 e. The van der Waals surface area contributed by atoms with Gasteiger partial charge in [0.2, 0.25) is 5.91 Å². The quantitative estimate of drug-likeness (QED) is 0.612. The van der Waals surface area contributed by atoms with Gasteiger partial charge in [-0.05, 0) is 42.7 Å². The number of likely N-dealkylation sites (tertiary alicyclic amines) is 1. The lowest BCUT2D eigenvalue weighted by Gasteiger charge is -2.50. The zero-order chi connectivity index (χ0) is 26.3. The summed E-state index contributed by atoms with van der Waals surface area (Å²) in [5, 5.41) is 2.96. The van der Waals surface area contributed by atoms with Gasteiger partial charge in [0.25, 0.3) is 11.5 Å². The highest BCUT2D eigenvalue weighted by molar-refractivity contribution is 5.88. The first-order valence-corrected chi connectivity index (χ1v) is 12.7. The van der Waals surface area contributed by atoms with E-state index in [2.05, 4.69) is 5.32 Å². The second-order valence-corrected chi connectivity index (χ2v) is 10.3. The number of para-hydroxylation sites is 1. The van der Waals surface area contributed by atoms with Crippen molar-refractivity contribution in [2.45, 2.75) is 55.9 Å². The molecular weight excluding hydrogens is 485 g/mol. The summed E-state index contributed by atoms with van der Waals surface area (Å²) in [6.45, 7) is 0.622. The Hall–Kier alpha value is -3.07. The Labute approximate surface area is 214 Å². The van der Waals surface area contributed by atoms with Gasteiger partial charge in [-0.25, -0.2) is 0 Å². The van der Waals surface area contributed by atoms with Crippen LogP contribution in [0.4, 0.5) is 13.2 Å². The third-order valence-corrected chi connectivity index (χ3v) is 8.10. The standard InChI is InChI=1S/C28H31F3N2O4/c1-36-27(28(29,30)31,19-7-3-2-4-8-19)25(35)33-15-13-26(14-16-33)17-24(34)32-18-22(26)21-9-5-6-10-23(21)37-20-11-12-20/h2-10,20,22H,11-18H2,1H3,(H,32,34)/t22-,27-/m1/s1. The van der Waals surface area contributed by atoms with Crippen molar-refractivity contribution in [2.75, 3.05) is 26.7 Å². The number of alkyl halides is 3. The van der Waals surface area contributed by atoms with Crippen LogP contribution in [0, 0.1) is 5.41 Å². The molecule has 198 valence electrons. The predicted molar refractivity (Wildman–Crippen MR) is 130 cm³/mol. The van der Waals surface area contributed by atoms with Gasteiger partial charge in [0.1, 0.15) is 5.75 Å². The number of ether oxygens (including phenoxy) is 2. The van der Waals surface area contributed by atoms with Gasteiger partial charge in [-0.2, -0.15) is 13.2 Å². The number of rotatable bonds is 6. The second kappa shape index (κ2) is 9.67. The number of hydrogen-bond acceptors (Lipinski definition) is 4. The van der Waals surface area contributed by atoms with Crippen molar-refractivity contribution in [1.29, 1.82) is 0 Å². The fraction of sp³-hybridized carbons (Fsp3) is 0.500. The lowest BCUT2D eigenvalue weighted by Crippen LogP contribution is -2.60. The molecule has 2 saturated heterocycles. The van der Waals surface area contributed by atoms with Gasteiger partial charge in [-0.1, -0.05) is 48.5 Å². The van der Waals surface area contributed by atoms with Gasteiger partial charge in [0.15, 0.2) is 0 Å². The van der Waals surface area contributed by atoms with E-state index >= 15 is 0 Å². The number of benzene rings is 2. The molecule has 2 aliphatic heterocycles. The van der Waals surface area contributed by atoms with E-state index in [1.165, 1.54) is 29.2 Å². The molecule has 2 atom stereocenters. The highest BCUT2D eigenvalue weighted by atomic mass is 19.4. The van der Waals surface area contributed by atoms with Crippen LogP contribution in [0.3, 0.4) is 0 Å². The topological polar surface area (TPSA) is 67.9 Å². The lowest BCUT2D eigenvalue weighted by molar-refractivity contribution is -0.271. The Kier molecular flexibility index (Phi) is 6.68. The zero-order valence-electron chi connectivity index (χ0n) is 20.7. The third-order valence-electron chi connectivity index (χ3n) is 8.10. The van der Waals surface area contributed by atoms with Crippen LogP contribution in [0.2, 0.25) is 0 Å². The summed E-state index contributed by atoms with van der Waals surface area (Å²) in [5.74, 6) is -0.481. The molecule has 5 rings (SSSR count). The van der Waals surface area contributed by atoms with E-state index in [9.17, 15) is 22.8 Å². The number of piperidine rings is 2. The molecule has 2 amide bonds. The lowest BCUT2D eigenvalue weighted by atomic mass is 9.62. The number of halogens is 3. The maximum atomic E-state index is 14.5. The molecule has 9 heteroatoms. The number of nitrogens with zero attached hydrogens (tertiary/aromatic N) is 1. The van der Waals surface area contributed by atoms with Crippen LogP contribution in [-0.4, -0.2) is 55.7 Å². The van der Waals surface area contributed by atoms with Crippen molar-refractivity contribution in [3.63, 3.8) is 0 Å². The molecule has 2 aromatic carbocycles. The first-order valence-electron chi connectivity index (χ1n) is 12.7. The molecule has 6 nitrogen and oxygen atoms in total. The molecule has 0 bridgehead atoms. The molecule has 37 heavy (non-hydrogen) atoms. The minimum absolute atomic E-state index is 0.0682. The fourth-order valence-corrected chi connectivity index (χ4v) is 5.92. The SMILES string of the molecule is CO[C@@](C(=O)N1CCC2(CC1)CC(=O)NC[C@@H]2c1ccccc1OC1CC1)(c1ccccc1)C(F)(F)F. The first-order chi connectivity index (χ1) is 17.7. The molecule has 1 spiro atoms. The zero-order valence-corrected chi connectivity index (χ0v) is 20.7. The number of amides is 2. The summed E-state index contributed by atoms with van der Waals surface area (Å²) < 4.78 is 54.6. The number of carbonyl (C=O) groups is 2. The Balaban J connectivity index is 1.42. The van der Waals surface area contributed by atoms with Crippen LogP contribution in [0.5, 0.6) is 5.75 Å². The van der Waals surface area contributed by atoms with Gasteiger partial charge in [0.05, 0.1) is 6.10 Å². The van der Waals surface area contributed by atoms with E-state index in [0.717, 1.165) is 31.3 Å². The Morgan fingerprint density at radius 3 is 2.30 bits per heavy atom. The number of methoxy groups -OCH3 is 1. The van der Waals surface area contributed by atoms with Crippen molar-refractivity contribution in [3.8, 4) is 5.75 Å². The summed E-state index contributed by atoms with van der Waals surface area (Å²) in [7, 11) is 0.919. The first kappa shape index (κ1) is 25.6. The van der Waals surface area contributed by atoms with Gasteiger partial charge in [-0.15, -0.1) is 0 Å². The van der Waals surface area contributed by atoms with Crippen LogP contribution in [0.25, 0.3) is 0 Å². The molecule has 1 saturated carbocycles. The Morgan fingerprint density at radius 2 is 1.68 bits per heavy atom. The van der Waals surface area contributed by atoms with Crippen LogP contribution >= 0.6 is 0 Å². The molecule has 3 fully saturated rings. The van der Waals surface area contributed by atoms with Crippen LogP contribution in [-0.2, 0) is 19.9 Å². The van der Waals surface area contributed by atoms with Crippen molar-refractivity contribution in [1.82, 2.24) is 10.2 Å². The number of nitrogens with one attached hydrogen (secondary N) is 1. The molecule has 0 aromatic heterocycles. The molecule has 2 heterocycles. The number of hydrogen-bond donors (Lipinski definition) is 1. The normalized spacial score (nSPS) is 23.3. The van der Waals surface area contributed by atoms with E-state index in [-0.39, 0.29) is 43.0 Å². The fourth-order valence-electron chi connectivity index (χ4n) is 5.92. The molecule has 3 aliphatic rings. The Morgan fingerprint density at radius 1 is 1.03 bits per heavy atom. The van der Waals surface area contributed by atoms with E-state index in [1.54, 1.807) is 6.07 Å². The molecule has 1 N–H and O–H groups in total. The average molecular weight is 517 g/mol. The molecule has 1 aliphatic carbocycles. The molecule has 0 unspecified atom stereocenters. The molecular formula is C28H31F3N2O4. The smallest absolute Gasteiger partial charge is 0.430 e. The predicted octanol–water partition coefficient (Wildman–Crippen LogP) is 4.54. The van der Waals surface area contributed by atoms with Crippen molar-refractivity contribution in [3.05, 3.63) is 65.7 Å². The second-order valence-electron chi connectivity index (χ2n) is 10.3. The van der Waals surface area contributed by atoms with E-state index < -0.39 is 23.1 Å². The van der Waals surface area contributed by atoms with Crippen LogP contribution < -0.4 is 10.1 Å². The maximum Gasteiger partial charge on any atom is 0.430 e. The summed E-state index contributed by atoms with van der Waals surface area (Å²) >= 11 is 0.